The molecule has 0 saturated heterocycles. The van der Waals surface area contributed by atoms with Crippen molar-refractivity contribution in [2.75, 3.05) is 0 Å². The van der Waals surface area contributed by atoms with E-state index in [4.69, 9.17) is 0 Å². The van der Waals surface area contributed by atoms with Gasteiger partial charge < -0.3 is 15.0 Å². The second kappa shape index (κ2) is 8.42. The number of nitrogens with zero attached hydrogens (tertiary/aromatic N) is 2. The number of hydrogen-bond acceptors (Lipinski definition) is 4. The summed E-state index contributed by atoms with van der Waals surface area (Å²) in [6, 6.07) is 6.04. The third-order valence-corrected chi connectivity index (χ3v) is 4.80. The molecule has 0 saturated carbocycles. The van der Waals surface area contributed by atoms with E-state index in [2.05, 4.69) is 20.1 Å². The molecule has 1 amide bonds. The lowest BCUT2D eigenvalue weighted by Crippen LogP contribution is -2.24. The van der Waals surface area contributed by atoms with E-state index in [0.29, 0.717) is 17.6 Å². The van der Waals surface area contributed by atoms with Crippen LogP contribution in [0.3, 0.4) is 0 Å². The number of aryl methyl sites for hydroxylation is 3. The zero-order chi connectivity index (χ0) is 21.1. The highest BCUT2D eigenvalue weighted by molar-refractivity contribution is 5.83. The largest absolute Gasteiger partial charge is 0.435 e. The number of carbonyl (C=O) groups excluding carboxylic acids is 1. The Morgan fingerprint density at radius 1 is 1.28 bits per heavy atom. The smallest absolute Gasteiger partial charge is 0.387 e. The summed E-state index contributed by atoms with van der Waals surface area (Å²) in [5.74, 6) is -0.148. The molecule has 1 aromatic carbocycles. The van der Waals surface area contributed by atoms with Crippen LogP contribution < -0.4 is 15.6 Å². The first-order valence-corrected chi connectivity index (χ1v) is 9.11. The first kappa shape index (κ1) is 20.5. The first-order chi connectivity index (χ1) is 13.8. The molecule has 0 spiro atoms. The van der Waals surface area contributed by atoms with Gasteiger partial charge in [-0.2, -0.15) is 13.9 Å². The third-order valence-electron chi connectivity index (χ3n) is 4.80. The van der Waals surface area contributed by atoms with Gasteiger partial charge in [0.05, 0.1) is 5.69 Å². The lowest BCUT2D eigenvalue weighted by Gasteiger charge is -2.09. The molecular weight excluding hydrogens is 382 g/mol. The molecule has 3 rings (SSSR count). The maximum Gasteiger partial charge on any atom is 0.387 e. The zero-order valence-corrected chi connectivity index (χ0v) is 16.4. The van der Waals surface area contributed by atoms with Gasteiger partial charge in [0.1, 0.15) is 11.4 Å². The normalized spacial score (nSPS) is 11.2. The van der Waals surface area contributed by atoms with E-state index >= 15 is 0 Å². The number of alkyl halides is 2. The number of fused-ring (bicyclic) bond motifs is 1. The number of benzene rings is 1. The molecule has 0 aliphatic heterocycles. The Labute approximate surface area is 165 Å². The number of halogens is 2. The van der Waals surface area contributed by atoms with E-state index in [1.54, 1.807) is 23.9 Å². The van der Waals surface area contributed by atoms with Crippen LogP contribution in [-0.4, -0.2) is 27.3 Å². The summed E-state index contributed by atoms with van der Waals surface area (Å²) in [5, 5.41) is 7.99. The molecule has 0 fully saturated rings. The van der Waals surface area contributed by atoms with Crippen LogP contribution in [0.4, 0.5) is 8.78 Å². The molecular formula is C20H22F2N4O3. The van der Waals surface area contributed by atoms with Gasteiger partial charge in [-0.25, -0.2) is 0 Å². The van der Waals surface area contributed by atoms with E-state index in [1.807, 2.05) is 13.8 Å². The zero-order valence-electron chi connectivity index (χ0n) is 16.4. The van der Waals surface area contributed by atoms with Gasteiger partial charge in [-0.1, -0.05) is 12.1 Å². The van der Waals surface area contributed by atoms with Crippen molar-refractivity contribution in [2.45, 2.75) is 39.8 Å². The van der Waals surface area contributed by atoms with Crippen molar-refractivity contribution in [3.05, 3.63) is 57.0 Å². The highest BCUT2D eigenvalue weighted by atomic mass is 19.3. The van der Waals surface area contributed by atoms with Gasteiger partial charge in [0.25, 0.3) is 5.56 Å². The maximum absolute atomic E-state index is 12.4. The monoisotopic (exact) mass is 404 g/mol. The number of amides is 1. The lowest BCUT2D eigenvalue weighted by molar-refractivity contribution is -0.121. The van der Waals surface area contributed by atoms with Crippen LogP contribution in [0, 0.1) is 13.8 Å². The van der Waals surface area contributed by atoms with Crippen molar-refractivity contribution in [1.82, 2.24) is 20.1 Å². The standard InChI is InChI=1S/C20H22F2N4O3/c1-11-15(19(28)24-18-17(11)12(2)25-26(18)3)8-9-16(27)23-10-13-4-6-14(7-5-13)29-20(21)22/h4-7,20H,8-10H2,1-3H3,(H,23,27)(H,24,28). The second-order valence-electron chi connectivity index (χ2n) is 6.79. The summed E-state index contributed by atoms with van der Waals surface area (Å²) >= 11 is 0. The summed E-state index contributed by atoms with van der Waals surface area (Å²) in [6.07, 6.45) is 0.458. The fraction of sp³-hybridized carbons (Fsp3) is 0.350. The molecule has 154 valence electrons. The van der Waals surface area contributed by atoms with Gasteiger partial charge >= 0.3 is 6.61 Å². The van der Waals surface area contributed by atoms with E-state index in [1.165, 1.54) is 12.1 Å². The number of nitrogens with one attached hydrogen (secondary N) is 2. The van der Waals surface area contributed by atoms with E-state index in [0.717, 1.165) is 22.2 Å². The number of H-pyrrole nitrogens is 1. The molecule has 0 unspecified atom stereocenters. The Hall–Kier alpha value is -3.23. The van der Waals surface area contributed by atoms with Crippen LogP contribution in [0.25, 0.3) is 11.0 Å². The van der Waals surface area contributed by atoms with Gasteiger partial charge in [0, 0.05) is 31.0 Å². The minimum Gasteiger partial charge on any atom is -0.435 e. The molecule has 7 nitrogen and oxygen atoms in total. The lowest BCUT2D eigenvalue weighted by atomic mass is 10.0. The van der Waals surface area contributed by atoms with Crippen LogP contribution in [0.15, 0.2) is 29.1 Å². The number of aromatic nitrogens is 3. The van der Waals surface area contributed by atoms with Gasteiger partial charge in [0.2, 0.25) is 5.91 Å². The summed E-state index contributed by atoms with van der Waals surface area (Å²) in [5.41, 5.74) is 3.41. The topological polar surface area (TPSA) is 89.0 Å². The number of rotatable bonds is 7. The minimum atomic E-state index is -2.87. The highest BCUT2D eigenvalue weighted by Crippen LogP contribution is 2.21. The first-order valence-electron chi connectivity index (χ1n) is 9.11. The summed E-state index contributed by atoms with van der Waals surface area (Å²) in [7, 11) is 1.77. The molecule has 0 bridgehead atoms. The van der Waals surface area contributed by atoms with Crippen molar-refractivity contribution in [3.8, 4) is 5.75 Å². The van der Waals surface area contributed by atoms with E-state index in [9.17, 15) is 18.4 Å². The van der Waals surface area contributed by atoms with Gasteiger partial charge in [-0.3, -0.25) is 14.3 Å². The van der Waals surface area contributed by atoms with Crippen LogP contribution >= 0.6 is 0 Å². The molecule has 3 aromatic rings. The molecule has 29 heavy (non-hydrogen) atoms. The Morgan fingerprint density at radius 2 is 1.97 bits per heavy atom. The van der Waals surface area contributed by atoms with Crippen LogP contribution in [-0.2, 0) is 24.8 Å². The average molecular weight is 404 g/mol. The fourth-order valence-corrected chi connectivity index (χ4v) is 3.37. The Morgan fingerprint density at radius 3 is 2.62 bits per heavy atom. The van der Waals surface area contributed by atoms with Crippen LogP contribution in [0.2, 0.25) is 0 Å². The minimum absolute atomic E-state index is 0.0610. The number of carbonyl (C=O) groups is 1. The van der Waals surface area contributed by atoms with Gasteiger partial charge in [-0.15, -0.1) is 0 Å². The van der Waals surface area contributed by atoms with Crippen molar-refractivity contribution in [3.63, 3.8) is 0 Å². The van der Waals surface area contributed by atoms with E-state index < -0.39 is 6.61 Å². The van der Waals surface area contributed by atoms with Crippen molar-refractivity contribution in [1.29, 1.82) is 0 Å². The van der Waals surface area contributed by atoms with Crippen molar-refractivity contribution >= 4 is 16.9 Å². The van der Waals surface area contributed by atoms with Crippen LogP contribution in [0.1, 0.15) is 28.8 Å². The quantitative estimate of drug-likeness (QED) is 0.634. The third kappa shape index (κ3) is 4.61. The van der Waals surface area contributed by atoms with E-state index in [-0.39, 0.29) is 30.2 Å². The molecule has 0 aliphatic carbocycles. The van der Waals surface area contributed by atoms with Gasteiger partial charge in [0.15, 0.2) is 0 Å². The van der Waals surface area contributed by atoms with Crippen molar-refractivity contribution in [2.24, 2.45) is 7.05 Å². The molecule has 0 radical (unpaired) electrons. The molecule has 9 heteroatoms. The Bertz CT molecular complexity index is 1090. The maximum atomic E-state index is 12.4. The predicted molar refractivity (Wildman–Crippen MR) is 104 cm³/mol. The molecule has 2 aromatic heterocycles. The van der Waals surface area contributed by atoms with Crippen molar-refractivity contribution < 1.29 is 18.3 Å². The van der Waals surface area contributed by atoms with Crippen LogP contribution in [0.5, 0.6) is 5.75 Å². The molecule has 0 aliphatic rings. The molecule has 0 atom stereocenters. The summed E-state index contributed by atoms with van der Waals surface area (Å²) in [4.78, 5) is 27.5. The SMILES string of the molecule is Cc1nn(C)c2[nH]c(=O)c(CCC(=O)NCc3ccc(OC(F)F)cc3)c(C)c12. The number of aromatic amines is 1. The number of hydrogen-bond donors (Lipinski definition) is 2. The molecule has 2 N–H and O–H groups in total. The number of pyridine rings is 1. The fourth-order valence-electron chi connectivity index (χ4n) is 3.37. The molecule has 2 heterocycles. The summed E-state index contributed by atoms with van der Waals surface area (Å²) in [6.45, 7) is 1.12. The van der Waals surface area contributed by atoms with Gasteiger partial charge in [-0.05, 0) is 43.5 Å². The Kier molecular flexibility index (Phi) is 5.95. The second-order valence-corrected chi connectivity index (χ2v) is 6.79. The predicted octanol–water partition coefficient (Wildman–Crippen LogP) is 2.73. The highest BCUT2D eigenvalue weighted by Gasteiger charge is 2.15. The Balaban J connectivity index is 1.61. The average Bonchev–Trinajstić information content (AvgIpc) is 2.94. The summed E-state index contributed by atoms with van der Waals surface area (Å²) < 4.78 is 30.2. The number of ether oxygens (including phenoxy) is 1.